The lowest BCUT2D eigenvalue weighted by molar-refractivity contribution is 0.419. The molecule has 0 aliphatic heterocycles. The lowest BCUT2D eigenvalue weighted by atomic mass is 10.4. The van der Waals surface area contributed by atoms with Gasteiger partial charge in [0.1, 0.15) is 0 Å². The Morgan fingerprint density at radius 2 is 2.17 bits per heavy atom. The maximum atomic E-state index is 11.3. The van der Waals surface area contributed by atoms with E-state index in [4.69, 9.17) is 0 Å². The standard InChI is InChI=1S/C11H20N4O2S/c1-3-15(18(2,16)17)8-4-5-12-9-11-10-13-6-7-14-11/h6-7,10,12H,3-5,8-9H2,1-2H3. The smallest absolute Gasteiger partial charge is 0.211 e. The average Bonchev–Trinajstić information content (AvgIpc) is 2.33. The van der Waals surface area contributed by atoms with Crippen LogP contribution in [0, 0.1) is 0 Å². The Kier molecular flexibility index (Phi) is 6.17. The van der Waals surface area contributed by atoms with Crippen molar-refractivity contribution in [3.8, 4) is 0 Å². The SMILES string of the molecule is CCN(CCCNCc1cnccn1)S(C)(=O)=O. The van der Waals surface area contributed by atoms with Crippen LogP contribution in [0.25, 0.3) is 0 Å². The number of aromatic nitrogens is 2. The van der Waals surface area contributed by atoms with Gasteiger partial charge in [0.2, 0.25) is 10.0 Å². The van der Waals surface area contributed by atoms with E-state index in [1.165, 1.54) is 10.6 Å². The van der Waals surface area contributed by atoms with E-state index in [0.29, 0.717) is 19.6 Å². The summed E-state index contributed by atoms with van der Waals surface area (Å²) in [4.78, 5) is 8.10. The first kappa shape index (κ1) is 15.0. The van der Waals surface area contributed by atoms with Crippen molar-refractivity contribution >= 4 is 10.0 Å². The third kappa shape index (κ3) is 5.52. The molecule has 0 saturated carbocycles. The monoisotopic (exact) mass is 272 g/mol. The third-order valence-electron chi connectivity index (χ3n) is 2.51. The van der Waals surface area contributed by atoms with E-state index >= 15 is 0 Å². The summed E-state index contributed by atoms with van der Waals surface area (Å²) in [6.45, 7) is 4.31. The molecular formula is C11H20N4O2S. The van der Waals surface area contributed by atoms with E-state index in [-0.39, 0.29) is 0 Å². The summed E-state index contributed by atoms with van der Waals surface area (Å²) in [5.74, 6) is 0. The fraction of sp³-hybridized carbons (Fsp3) is 0.636. The van der Waals surface area contributed by atoms with Crippen molar-refractivity contribution in [3.63, 3.8) is 0 Å². The molecule has 0 amide bonds. The van der Waals surface area contributed by atoms with Crippen molar-refractivity contribution < 1.29 is 8.42 Å². The van der Waals surface area contributed by atoms with Crippen LogP contribution in [0.3, 0.4) is 0 Å². The summed E-state index contributed by atoms with van der Waals surface area (Å²) in [7, 11) is -3.07. The molecule has 0 spiro atoms. The molecule has 1 rings (SSSR count). The Morgan fingerprint density at radius 3 is 2.72 bits per heavy atom. The van der Waals surface area contributed by atoms with Gasteiger partial charge in [-0.2, -0.15) is 0 Å². The highest BCUT2D eigenvalue weighted by atomic mass is 32.2. The number of hydrogen-bond acceptors (Lipinski definition) is 5. The summed E-state index contributed by atoms with van der Waals surface area (Å²) in [6, 6.07) is 0. The van der Waals surface area contributed by atoms with Gasteiger partial charge in [0.25, 0.3) is 0 Å². The highest BCUT2D eigenvalue weighted by Gasteiger charge is 2.12. The van der Waals surface area contributed by atoms with Gasteiger partial charge < -0.3 is 5.32 Å². The van der Waals surface area contributed by atoms with Crippen LogP contribution in [-0.2, 0) is 16.6 Å². The topological polar surface area (TPSA) is 75.2 Å². The Bertz CT molecular complexity index is 436. The first-order valence-corrected chi connectivity index (χ1v) is 7.79. The van der Waals surface area contributed by atoms with Crippen molar-refractivity contribution in [1.29, 1.82) is 0 Å². The zero-order valence-corrected chi connectivity index (χ0v) is 11.7. The van der Waals surface area contributed by atoms with Gasteiger partial charge in [-0.15, -0.1) is 0 Å². The van der Waals surface area contributed by atoms with E-state index in [2.05, 4.69) is 15.3 Å². The minimum absolute atomic E-state index is 0.517. The molecule has 102 valence electrons. The minimum Gasteiger partial charge on any atom is -0.311 e. The molecule has 0 saturated heterocycles. The van der Waals surface area contributed by atoms with Crippen LogP contribution in [0.1, 0.15) is 19.0 Å². The molecule has 0 bridgehead atoms. The molecule has 7 heteroatoms. The number of nitrogens with zero attached hydrogens (tertiary/aromatic N) is 3. The largest absolute Gasteiger partial charge is 0.311 e. The lowest BCUT2D eigenvalue weighted by Crippen LogP contribution is -2.32. The molecule has 0 aliphatic rings. The Labute approximate surface area is 108 Å². The Morgan fingerprint density at radius 1 is 1.39 bits per heavy atom. The van der Waals surface area contributed by atoms with Crippen LogP contribution in [0.4, 0.5) is 0 Å². The van der Waals surface area contributed by atoms with Crippen molar-refractivity contribution in [3.05, 3.63) is 24.3 Å². The van der Waals surface area contributed by atoms with E-state index in [9.17, 15) is 8.42 Å². The predicted molar refractivity (Wildman–Crippen MR) is 70.4 cm³/mol. The van der Waals surface area contributed by atoms with Gasteiger partial charge in [-0.1, -0.05) is 6.92 Å². The average molecular weight is 272 g/mol. The molecule has 0 unspecified atom stereocenters. The van der Waals surface area contributed by atoms with Gasteiger partial charge in [-0.05, 0) is 13.0 Å². The molecule has 1 N–H and O–H groups in total. The van der Waals surface area contributed by atoms with Gasteiger partial charge in [0, 0.05) is 38.2 Å². The van der Waals surface area contributed by atoms with Crippen LogP contribution in [0.5, 0.6) is 0 Å². The second-order valence-corrected chi connectivity index (χ2v) is 5.96. The molecule has 6 nitrogen and oxygen atoms in total. The number of hydrogen-bond donors (Lipinski definition) is 1. The fourth-order valence-electron chi connectivity index (χ4n) is 1.58. The van der Waals surface area contributed by atoms with Crippen LogP contribution < -0.4 is 5.32 Å². The van der Waals surface area contributed by atoms with E-state index in [0.717, 1.165) is 18.7 Å². The molecule has 1 aromatic rings. The van der Waals surface area contributed by atoms with Crippen molar-refractivity contribution in [1.82, 2.24) is 19.6 Å². The maximum Gasteiger partial charge on any atom is 0.211 e. The maximum absolute atomic E-state index is 11.3. The molecule has 18 heavy (non-hydrogen) atoms. The van der Waals surface area contributed by atoms with Crippen molar-refractivity contribution in [2.75, 3.05) is 25.9 Å². The van der Waals surface area contributed by atoms with Crippen molar-refractivity contribution in [2.45, 2.75) is 19.9 Å². The van der Waals surface area contributed by atoms with Gasteiger partial charge in [0.05, 0.1) is 11.9 Å². The fourth-order valence-corrected chi connectivity index (χ4v) is 2.51. The Hall–Kier alpha value is -1.05. The zero-order valence-electron chi connectivity index (χ0n) is 10.8. The molecule has 1 aromatic heterocycles. The van der Waals surface area contributed by atoms with Crippen LogP contribution in [0.2, 0.25) is 0 Å². The van der Waals surface area contributed by atoms with Gasteiger partial charge in [-0.3, -0.25) is 9.97 Å². The number of rotatable bonds is 8. The van der Waals surface area contributed by atoms with Gasteiger partial charge in [-0.25, -0.2) is 12.7 Å². The zero-order chi connectivity index (χ0) is 13.4. The van der Waals surface area contributed by atoms with E-state index in [1.54, 1.807) is 18.6 Å². The van der Waals surface area contributed by atoms with E-state index < -0.39 is 10.0 Å². The minimum atomic E-state index is -3.07. The molecule has 0 aromatic carbocycles. The first-order chi connectivity index (χ1) is 8.54. The molecular weight excluding hydrogens is 252 g/mol. The van der Waals surface area contributed by atoms with Crippen LogP contribution in [-0.4, -0.2) is 48.6 Å². The summed E-state index contributed by atoms with van der Waals surface area (Å²) in [5, 5.41) is 3.21. The number of nitrogens with one attached hydrogen (secondary N) is 1. The first-order valence-electron chi connectivity index (χ1n) is 5.94. The van der Waals surface area contributed by atoms with Crippen LogP contribution in [0.15, 0.2) is 18.6 Å². The lowest BCUT2D eigenvalue weighted by Gasteiger charge is -2.17. The summed E-state index contributed by atoms with van der Waals surface area (Å²) in [5.41, 5.74) is 0.882. The second kappa shape index (κ2) is 7.40. The summed E-state index contributed by atoms with van der Waals surface area (Å²) >= 11 is 0. The normalized spacial score (nSPS) is 11.9. The van der Waals surface area contributed by atoms with Gasteiger partial charge >= 0.3 is 0 Å². The quantitative estimate of drug-likeness (QED) is 0.686. The summed E-state index contributed by atoms with van der Waals surface area (Å²) < 4.78 is 24.1. The van der Waals surface area contributed by atoms with E-state index in [1.807, 2.05) is 6.92 Å². The molecule has 0 radical (unpaired) electrons. The third-order valence-corrected chi connectivity index (χ3v) is 3.88. The molecule has 0 fully saturated rings. The molecule has 0 aliphatic carbocycles. The highest BCUT2D eigenvalue weighted by molar-refractivity contribution is 7.88. The van der Waals surface area contributed by atoms with Gasteiger partial charge in [0.15, 0.2) is 0 Å². The second-order valence-electron chi connectivity index (χ2n) is 3.98. The van der Waals surface area contributed by atoms with Crippen LogP contribution >= 0.6 is 0 Å². The predicted octanol–water partition coefficient (Wildman–Crippen LogP) is 0.238. The molecule has 1 heterocycles. The molecule has 0 atom stereocenters. The number of sulfonamides is 1. The highest BCUT2D eigenvalue weighted by Crippen LogP contribution is 1.98. The summed E-state index contributed by atoms with van der Waals surface area (Å²) in [6.07, 6.45) is 7.01. The van der Waals surface area contributed by atoms with Crippen molar-refractivity contribution in [2.24, 2.45) is 0 Å². The Balaban J connectivity index is 2.19.